The number of nitrogens with two attached hydrogens (primary N) is 1. The summed E-state index contributed by atoms with van der Waals surface area (Å²) in [4.78, 5) is 0. The molecule has 0 saturated carbocycles. The molecule has 0 aromatic heterocycles. The van der Waals surface area contributed by atoms with Crippen molar-refractivity contribution in [2.45, 2.75) is 26.0 Å². The predicted octanol–water partition coefficient (Wildman–Crippen LogP) is 3.06. The first-order chi connectivity index (χ1) is 10.2. The lowest BCUT2D eigenvalue weighted by molar-refractivity contribution is 0.227. The topological polar surface area (TPSA) is 56.5 Å². The van der Waals surface area contributed by atoms with E-state index in [0.29, 0.717) is 6.61 Å². The second-order valence-corrected chi connectivity index (χ2v) is 5.05. The average Bonchev–Trinajstić information content (AvgIpc) is 2.50. The molecule has 2 aromatic carbocycles. The van der Waals surface area contributed by atoms with Crippen molar-refractivity contribution in [2.75, 3.05) is 6.61 Å². The van der Waals surface area contributed by atoms with E-state index >= 15 is 0 Å². The van der Waals surface area contributed by atoms with Crippen LogP contribution in [0.2, 0.25) is 0 Å². The van der Waals surface area contributed by atoms with Gasteiger partial charge in [-0.25, -0.2) is 5.43 Å². The summed E-state index contributed by atoms with van der Waals surface area (Å²) in [5.74, 6) is 7.33. The molecular formula is C17H22N2O2. The number of para-hydroxylation sites is 2. The summed E-state index contributed by atoms with van der Waals surface area (Å²) >= 11 is 0. The third kappa shape index (κ3) is 4.48. The third-order valence-corrected chi connectivity index (χ3v) is 3.02. The van der Waals surface area contributed by atoms with Crippen molar-refractivity contribution in [1.82, 2.24) is 5.43 Å². The minimum Gasteiger partial charge on any atom is -0.492 e. The van der Waals surface area contributed by atoms with E-state index in [1.165, 1.54) is 0 Å². The van der Waals surface area contributed by atoms with Gasteiger partial charge in [-0.1, -0.05) is 36.4 Å². The van der Waals surface area contributed by atoms with Crippen LogP contribution in [0.25, 0.3) is 0 Å². The second-order valence-electron chi connectivity index (χ2n) is 5.05. The Kier molecular flexibility index (Phi) is 5.60. The van der Waals surface area contributed by atoms with Crippen LogP contribution in [0.15, 0.2) is 54.6 Å². The number of nitrogens with one attached hydrogen (secondary N) is 1. The molecule has 0 aliphatic heterocycles. The van der Waals surface area contributed by atoms with Crippen molar-refractivity contribution in [1.29, 1.82) is 0 Å². The van der Waals surface area contributed by atoms with Gasteiger partial charge in [0.25, 0.3) is 0 Å². The van der Waals surface area contributed by atoms with Gasteiger partial charge in [0, 0.05) is 5.56 Å². The smallest absolute Gasteiger partial charge is 0.124 e. The largest absolute Gasteiger partial charge is 0.492 e. The minimum absolute atomic E-state index is 0.111. The minimum atomic E-state index is -0.139. The summed E-state index contributed by atoms with van der Waals surface area (Å²) in [6.07, 6.45) is 0.111. The summed E-state index contributed by atoms with van der Waals surface area (Å²) in [6, 6.07) is 17.4. The van der Waals surface area contributed by atoms with E-state index in [0.717, 1.165) is 17.1 Å². The summed E-state index contributed by atoms with van der Waals surface area (Å²) in [6.45, 7) is 4.43. The molecule has 4 nitrogen and oxygen atoms in total. The molecule has 1 atom stereocenters. The Morgan fingerprint density at radius 1 is 1.00 bits per heavy atom. The van der Waals surface area contributed by atoms with Gasteiger partial charge in [0.05, 0.1) is 12.1 Å². The van der Waals surface area contributed by atoms with Crippen molar-refractivity contribution in [2.24, 2.45) is 5.84 Å². The van der Waals surface area contributed by atoms with Crippen molar-refractivity contribution < 1.29 is 9.47 Å². The van der Waals surface area contributed by atoms with Gasteiger partial charge in [-0.05, 0) is 32.0 Å². The van der Waals surface area contributed by atoms with E-state index in [1.54, 1.807) is 0 Å². The zero-order valence-corrected chi connectivity index (χ0v) is 12.5. The first kappa shape index (κ1) is 15.4. The van der Waals surface area contributed by atoms with Crippen molar-refractivity contribution in [3.05, 3.63) is 60.2 Å². The quantitative estimate of drug-likeness (QED) is 0.607. The van der Waals surface area contributed by atoms with Gasteiger partial charge in [-0.15, -0.1) is 0 Å². The molecule has 0 spiro atoms. The fourth-order valence-electron chi connectivity index (χ4n) is 2.05. The molecular weight excluding hydrogens is 264 g/mol. The Balaban J connectivity index is 2.10. The fraction of sp³-hybridized carbons (Fsp3) is 0.294. The number of rotatable bonds is 7. The Morgan fingerprint density at radius 3 is 2.33 bits per heavy atom. The highest BCUT2D eigenvalue weighted by atomic mass is 16.5. The Bertz CT molecular complexity index is 543. The van der Waals surface area contributed by atoms with Crippen LogP contribution in [0.5, 0.6) is 11.5 Å². The van der Waals surface area contributed by atoms with E-state index < -0.39 is 0 Å². The molecule has 0 aliphatic carbocycles. The van der Waals surface area contributed by atoms with Crippen LogP contribution in [0.1, 0.15) is 25.5 Å². The van der Waals surface area contributed by atoms with Crippen LogP contribution >= 0.6 is 0 Å². The van der Waals surface area contributed by atoms with E-state index in [9.17, 15) is 0 Å². The Hall–Kier alpha value is -2.04. The molecule has 0 amide bonds. The summed E-state index contributed by atoms with van der Waals surface area (Å²) in [7, 11) is 0. The van der Waals surface area contributed by atoms with Gasteiger partial charge < -0.3 is 9.47 Å². The molecule has 0 heterocycles. The van der Waals surface area contributed by atoms with E-state index in [2.05, 4.69) is 5.43 Å². The predicted molar refractivity (Wildman–Crippen MR) is 84.2 cm³/mol. The molecule has 0 radical (unpaired) electrons. The summed E-state index contributed by atoms with van der Waals surface area (Å²) < 4.78 is 11.6. The number of ether oxygens (including phenoxy) is 2. The van der Waals surface area contributed by atoms with Crippen molar-refractivity contribution >= 4 is 0 Å². The lowest BCUT2D eigenvalue weighted by Crippen LogP contribution is -2.32. The molecule has 0 bridgehead atoms. The molecule has 4 heteroatoms. The number of hydrazine groups is 1. The first-order valence-corrected chi connectivity index (χ1v) is 7.10. The molecule has 2 aromatic rings. The molecule has 0 aliphatic rings. The zero-order chi connectivity index (χ0) is 15.1. The first-order valence-electron chi connectivity index (χ1n) is 7.10. The molecule has 1 unspecified atom stereocenters. The highest BCUT2D eigenvalue weighted by molar-refractivity contribution is 5.36. The summed E-state index contributed by atoms with van der Waals surface area (Å²) in [5.41, 5.74) is 3.79. The van der Waals surface area contributed by atoms with Crippen LogP contribution in [0.4, 0.5) is 0 Å². The fourth-order valence-corrected chi connectivity index (χ4v) is 2.05. The van der Waals surface area contributed by atoms with Gasteiger partial charge >= 0.3 is 0 Å². The number of hydrogen-bond donors (Lipinski definition) is 2. The van der Waals surface area contributed by atoms with Crippen molar-refractivity contribution in [3.63, 3.8) is 0 Å². The maximum absolute atomic E-state index is 5.83. The molecule has 0 saturated heterocycles. The second kappa shape index (κ2) is 7.67. The third-order valence-electron chi connectivity index (χ3n) is 3.02. The maximum Gasteiger partial charge on any atom is 0.124 e. The Morgan fingerprint density at radius 2 is 1.67 bits per heavy atom. The Labute approximate surface area is 125 Å². The maximum atomic E-state index is 5.83. The van der Waals surface area contributed by atoms with Crippen LogP contribution in [-0.2, 0) is 0 Å². The summed E-state index contributed by atoms with van der Waals surface area (Å²) in [5, 5.41) is 0. The van der Waals surface area contributed by atoms with Crippen molar-refractivity contribution in [3.8, 4) is 11.5 Å². The molecule has 2 rings (SSSR count). The van der Waals surface area contributed by atoms with E-state index in [-0.39, 0.29) is 12.1 Å². The van der Waals surface area contributed by atoms with Crippen LogP contribution < -0.4 is 20.7 Å². The van der Waals surface area contributed by atoms with Gasteiger partial charge in [-0.3, -0.25) is 5.84 Å². The molecule has 0 fully saturated rings. The molecule has 112 valence electrons. The monoisotopic (exact) mass is 286 g/mol. The zero-order valence-electron chi connectivity index (χ0n) is 12.5. The van der Waals surface area contributed by atoms with Crippen LogP contribution in [-0.4, -0.2) is 12.7 Å². The lowest BCUT2D eigenvalue weighted by Gasteiger charge is -2.21. The van der Waals surface area contributed by atoms with Crippen LogP contribution in [0, 0.1) is 0 Å². The SMILES string of the molecule is CC(C)Oc1ccccc1C(COc1ccccc1)NN. The highest BCUT2D eigenvalue weighted by Crippen LogP contribution is 2.26. The van der Waals surface area contributed by atoms with E-state index in [4.69, 9.17) is 15.3 Å². The average molecular weight is 286 g/mol. The number of benzene rings is 2. The molecule has 3 N–H and O–H groups in total. The number of hydrogen-bond acceptors (Lipinski definition) is 4. The highest BCUT2D eigenvalue weighted by Gasteiger charge is 2.16. The van der Waals surface area contributed by atoms with Crippen LogP contribution in [0.3, 0.4) is 0 Å². The van der Waals surface area contributed by atoms with Gasteiger partial charge in [0.15, 0.2) is 0 Å². The van der Waals surface area contributed by atoms with Gasteiger partial charge in [0.2, 0.25) is 0 Å². The standard InChI is InChI=1S/C17H22N2O2/c1-13(2)21-17-11-7-6-10-15(17)16(19-18)12-20-14-8-4-3-5-9-14/h3-11,13,16,19H,12,18H2,1-2H3. The lowest BCUT2D eigenvalue weighted by atomic mass is 10.1. The van der Waals surface area contributed by atoms with Gasteiger partial charge in [-0.2, -0.15) is 0 Å². The normalized spacial score (nSPS) is 12.2. The van der Waals surface area contributed by atoms with Gasteiger partial charge in [0.1, 0.15) is 18.1 Å². The van der Waals surface area contributed by atoms with E-state index in [1.807, 2.05) is 68.4 Å². The molecule has 21 heavy (non-hydrogen) atoms.